The predicted molar refractivity (Wildman–Crippen MR) is 126 cm³/mol. The Labute approximate surface area is 194 Å². The summed E-state index contributed by atoms with van der Waals surface area (Å²) in [4.78, 5) is 29.3. The first kappa shape index (κ1) is 22.4. The number of hydrogen-bond acceptors (Lipinski definition) is 4. The number of nitrogens with zero attached hydrogens (tertiary/aromatic N) is 2. The number of amides is 2. The van der Waals surface area contributed by atoms with Crippen LogP contribution in [0.5, 0.6) is 11.5 Å². The Morgan fingerprint density at radius 2 is 1.42 bits per heavy atom. The Hall–Kier alpha value is -3.80. The molecule has 3 aromatic carbocycles. The van der Waals surface area contributed by atoms with Gasteiger partial charge in [0, 0.05) is 31.7 Å². The van der Waals surface area contributed by atoms with Crippen LogP contribution in [0.25, 0.3) is 0 Å². The molecule has 1 aliphatic heterocycles. The Morgan fingerprint density at radius 3 is 2.18 bits per heavy atom. The van der Waals surface area contributed by atoms with Crippen LogP contribution in [-0.4, -0.2) is 54.9 Å². The summed E-state index contributed by atoms with van der Waals surface area (Å²) in [6.07, 6.45) is 0.325. The minimum Gasteiger partial charge on any atom is -0.497 e. The molecular formula is C27H28N2O4. The van der Waals surface area contributed by atoms with Gasteiger partial charge in [-0.05, 0) is 41.5 Å². The molecule has 1 heterocycles. The third-order valence-electron chi connectivity index (χ3n) is 5.74. The maximum atomic E-state index is 13.0. The number of hydrogen-bond donors (Lipinski definition) is 0. The third kappa shape index (κ3) is 5.92. The SMILES string of the molecule is COc1cccc(CC(=O)N2CCN(C(=O)c3cccc(OCc4ccccc4)c3)CC2)c1. The van der Waals surface area contributed by atoms with Gasteiger partial charge in [0.25, 0.3) is 5.91 Å². The van der Waals surface area contributed by atoms with Crippen molar-refractivity contribution in [3.63, 3.8) is 0 Å². The van der Waals surface area contributed by atoms with E-state index in [2.05, 4.69) is 0 Å². The molecule has 1 aliphatic rings. The largest absolute Gasteiger partial charge is 0.497 e. The van der Waals surface area contributed by atoms with Gasteiger partial charge in [-0.1, -0.05) is 48.5 Å². The van der Waals surface area contributed by atoms with Gasteiger partial charge in [0.1, 0.15) is 18.1 Å². The van der Waals surface area contributed by atoms with Gasteiger partial charge in [-0.2, -0.15) is 0 Å². The van der Waals surface area contributed by atoms with Crippen LogP contribution in [0.1, 0.15) is 21.5 Å². The highest BCUT2D eigenvalue weighted by Gasteiger charge is 2.25. The Bertz CT molecular complexity index is 1090. The molecule has 0 aliphatic carbocycles. The molecule has 4 rings (SSSR count). The molecule has 0 saturated carbocycles. The Morgan fingerprint density at radius 1 is 0.758 bits per heavy atom. The lowest BCUT2D eigenvalue weighted by molar-refractivity contribution is -0.131. The summed E-state index contributed by atoms with van der Waals surface area (Å²) in [6, 6.07) is 24.7. The van der Waals surface area contributed by atoms with Gasteiger partial charge in [-0.3, -0.25) is 9.59 Å². The number of methoxy groups -OCH3 is 1. The first-order valence-electron chi connectivity index (χ1n) is 11.1. The van der Waals surface area contributed by atoms with E-state index in [9.17, 15) is 9.59 Å². The van der Waals surface area contributed by atoms with E-state index in [1.807, 2.05) is 71.6 Å². The van der Waals surface area contributed by atoms with Crippen LogP contribution in [0.4, 0.5) is 0 Å². The van der Waals surface area contributed by atoms with Gasteiger partial charge in [0.05, 0.1) is 13.5 Å². The normalized spacial score (nSPS) is 13.5. The maximum absolute atomic E-state index is 13.0. The van der Waals surface area contributed by atoms with Crippen LogP contribution in [0.15, 0.2) is 78.9 Å². The van der Waals surface area contributed by atoms with E-state index in [0.29, 0.717) is 50.5 Å². The standard InChI is InChI=1S/C27H28N2O4/c1-32-24-11-5-9-22(17-24)18-26(30)28-13-15-29(16-14-28)27(31)23-10-6-12-25(19-23)33-20-21-7-3-2-4-8-21/h2-12,17,19H,13-16,18,20H2,1H3. The highest BCUT2D eigenvalue weighted by molar-refractivity contribution is 5.94. The number of ether oxygens (including phenoxy) is 2. The Balaban J connectivity index is 1.30. The van der Waals surface area contributed by atoms with Crippen molar-refractivity contribution in [3.05, 3.63) is 95.6 Å². The molecule has 6 heteroatoms. The van der Waals surface area contributed by atoms with Crippen LogP contribution >= 0.6 is 0 Å². The van der Waals surface area contributed by atoms with Gasteiger partial charge in [-0.25, -0.2) is 0 Å². The summed E-state index contributed by atoms with van der Waals surface area (Å²) in [6.45, 7) is 2.53. The van der Waals surface area contributed by atoms with E-state index in [0.717, 1.165) is 16.9 Å². The molecule has 0 unspecified atom stereocenters. The van der Waals surface area contributed by atoms with E-state index < -0.39 is 0 Å². The zero-order chi connectivity index (χ0) is 23.0. The summed E-state index contributed by atoms with van der Waals surface area (Å²) >= 11 is 0. The van der Waals surface area contributed by atoms with Crippen molar-refractivity contribution < 1.29 is 19.1 Å². The van der Waals surface area contributed by atoms with Gasteiger partial charge >= 0.3 is 0 Å². The molecule has 1 fully saturated rings. The van der Waals surface area contributed by atoms with E-state index in [1.54, 1.807) is 24.1 Å². The molecule has 0 bridgehead atoms. The molecule has 0 radical (unpaired) electrons. The van der Waals surface area contributed by atoms with Crippen molar-refractivity contribution in [2.45, 2.75) is 13.0 Å². The zero-order valence-corrected chi connectivity index (χ0v) is 18.8. The average Bonchev–Trinajstić information content (AvgIpc) is 2.88. The average molecular weight is 445 g/mol. The Kier molecular flexibility index (Phi) is 7.25. The molecule has 6 nitrogen and oxygen atoms in total. The second-order valence-electron chi connectivity index (χ2n) is 8.00. The topological polar surface area (TPSA) is 59.1 Å². The molecule has 1 saturated heterocycles. The van der Waals surface area contributed by atoms with Gasteiger partial charge in [0.15, 0.2) is 0 Å². The zero-order valence-electron chi connectivity index (χ0n) is 18.8. The molecular weight excluding hydrogens is 416 g/mol. The van der Waals surface area contributed by atoms with E-state index in [-0.39, 0.29) is 11.8 Å². The number of piperazine rings is 1. The second kappa shape index (κ2) is 10.7. The van der Waals surface area contributed by atoms with E-state index in [4.69, 9.17) is 9.47 Å². The van der Waals surface area contributed by atoms with E-state index in [1.165, 1.54) is 0 Å². The summed E-state index contributed by atoms with van der Waals surface area (Å²) in [7, 11) is 1.61. The highest BCUT2D eigenvalue weighted by Crippen LogP contribution is 2.18. The van der Waals surface area contributed by atoms with Gasteiger partial charge < -0.3 is 19.3 Å². The van der Waals surface area contributed by atoms with Gasteiger partial charge in [-0.15, -0.1) is 0 Å². The quantitative estimate of drug-likeness (QED) is 0.556. The van der Waals surface area contributed by atoms with Gasteiger partial charge in [0.2, 0.25) is 5.91 Å². The van der Waals surface area contributed by atoms with Crippen molar-refractivity contribution >= 4 is 11.8 Å². The minimum absolute atomic E-state index is 0.0416. The summed E-state index contributed by atoms with van der Waals surface area (Å²) in [5, 5.41) is 0. The molecule has 170 valence electrons. The smallest absolute Gasteiger partial charge is 0.254 e. The lowest BCUT2D eigenvalue weighted by Gasteiger charge is -2.35. The molecule has 0 spiro atoms. The maximum Gasteiger partial charge on any atom is 0.254 e. The molecule has 0 N–H and O–H groups in total. The fourth-order valence-electron chi connectivity index (χ4n) is 3.87. The van der Waals surface area contributed by atoms with Crippen LogP contribution in [0, 0.1) is 0 Å². The number of carbonyl (C=O) groups is 2. The van der Waals surface area contributed by atoms with Crippen molar-refractivity contribution in [1.82, 2.24) is 9.80 Å². The van der Waals surface area contributed by atoms with Crippen LogP contribution in [-0.2, 0) is 17.8 Å². The van der Waals surface area contributed by atoms with Crippen LogP contribution < -0.4 is 9.47 Å². The van der Waals surface area contributed by atoms with Crippen molar-refractivity contribution in [2.24, 2.45) is 0 Å². The van der Waals surface area contributed by atoms with Crippen molar-refractivity contribution in [3.8, 4) is 11.5 Å². The lowest BCUT2D eigenvalue weighted by Crippen LogP contribution is -2.51. The first-order valence-corrected chi connectivity index (χ1v) is 11.1. The van der Waals surface area contributed by atoms with Crippen molar-refractivity contribution in [2.75, 3.05) is 33.3 Å². The predicted octanol–water partition coefficient (Wildman–Crippen LogP) is 3.80. The summed E-state index contributed by atoms with van der Waals surface area (Å²) in [5.41, 5.74) is 2.59. The molecule has 0 aromatic heterocycles. The van der Waals surface area contributed by atoms with Crippen LogP contribution in [0.3, 0.4) is 0 Å². The first-order chi connectivity index (χ1) is 16.1. The second-order valence-corrected chi connectivity index (χ2v) is 8.00. The number of carbonyl (C=O) groups excluding carboxylic acids is 2. The fourth-order valence-corrected chi connectivity index (χ4v) is 3.87. The highest BCUT2D eigenvalue weighted by atomic mass is 16.5. The summed E-state index contributed by atoms with van der Waals surface area (Å²) in [5.74, 6) is 1.43. The summed E-state index contributed by atoms with van der Waals surface area (Å²) < 4.78 is 11.1. The minimum atomic E-state index is -0.0416. The molecule has 0 atom stereocenters. The lowest BCUT2D eigenvalue weighted by atomic mass is 10.1. The molecule has 2 amide bonds. The molecule has 3 aromatic rings. The van der Waals surface area contributed by atoms with Crippen molar-refractivity contribution in [1.29, 1.82) is 0 Å². The van der Waals surface area contributed by atoms with Crippen LogP contribution in [0.2, 0.25) is 0 Å². The third-order valence-corrected chi connectivity index (χ3v) is 5.74. The fraction of sp³-hybridized carbons (Fsp3) is 0.259. The molecule has 33 heavy (non-hydrogen) atoms. The number of benzene rings is 3. The number of rotatable bonds is 7. The monoisotopic (exact) mass is 444 g/mol. The van der Waals surface area contributed by atoms with E-state index >= 15 is 0 Å².